The van der Waals surface area contributed by atoms with Crippen molar-refractivity contribution in [1.82, 2.24) is 4.90 Å². The summed E-state index contributed by atoms with van der Waals surface area (Å²) in [6.07, 6.45) is 10.0. The zero-order chi connectivity index (χ0) is 25.1. The van der Waals surface area contributed by atoms with Crippen molar-refractivity contribution < 1.29 is 14.3 Å². The molecule has 3 aliphatic rings. The number of carbonyl (C=O) groups is 1. The van der Waals surface area contributed by atoms with Gasteiger partial charge >= 0.3 is 5.97 Å². The lowest BCUT2D eigenvalue weighted by molar-refractivity contribution is 0.0696. The fourth-order valence-electron chi connectivity index (χ4n) is 6.86. The van der Waals surface area contributed by atoms with Crippen molar-refractivity contribution in [3.8, 4) is 0 Å². The number of nitrogens with zero attached hydrogens (tertiary/aromatic N) is 1. The Morgan fingerprint density at radius 3 is 2.58 bits per heavy atom. The van der Waals surface area contributed by atoms with Crippen LogP contribution in [0.4, 0.5) is 4.39 Å². The van der Waals surface area contributed by atoms with Gasteiger partial charge in [-0.15, -0.1) is 0 Å². The Morgan fingerprint density at radius 2 is 1.86 bits per heavy atom. The van der Waals surface area contributed by atoms with Crippen LogP contribution in [-0.4, -0.2) is 42.3 Å². The van der Waals surface area contributed by atoms with E-state index in [1.807, 2.05) is 6.07 Å². The molecule has 2 fully saturated rings. The van der Waals surface area contributed by atoms with E-state index in [9.17, 15) is 14.3 Å². The van der Waals surface area contributed by atoms with Crippen LogP contribution in [0.1, 0.15) is 84.5 Å². The van der Waals surface area contributed by atoms with Crippen LogP contribution in [0.2, 0.25) is 0 Å². The summed E-state index contributed by atoms with van der Waals surface area (Å²) in [7, 11) is 0. The van der Waals surface area contributed by atoms with E-state index in [0.29, 0.717) is 23.8 Å². The van der Waals surface area contributed by atoms with E-state index in [0.717, 1.165) is 51.2 Å². The maximum atomic E-state index is 12.4. The molecule has 2 aromatic carbocycles. The molecule has 0 radical (unpaired) electrons. The van der Waals surface area contributed by atoms with Gasteiger partial charge in [0.2, 0.25) is 0 Å². The smallest absolute Gasteiger partial charge is 0.335 e. The lowest BCUT2D eigenvalue weighted by atomic mass is 9.74. The van der Waals surface area contributed by atoms with Crippen molar-refractivity contribution in [3.63, 3.8) is 0 Å². The second kappa shape index (κ2) is 11.3. The van der Waals surface area contributed by atoms with Crippen LogP contribution in [0, 0.1) is 17.8 Å². The standard InChI is InChI=1S/C32H40FNO2/c1-22-5-2-6-26(17-22)29-8-3-7-27-19-28(32(35)36)13-14-30(27)31(29)25-11-9-23(10-12-25)18-24-20-34(21-24)16-4-15-33/h9-14,19,22,24,26H,2-8,15-18,20-21H2,1H3,(H,35,36)/t22-,26-/m0/s1. The largest absolute Gasteiger partial charge is 0.478 e. The first kappa shape index (κ1) is 25.2. The number of benzene rings is 2. The Labute approximate surface area is 215 Å². The Kier molecular flexibility index (Phi) is 7.90. The quantitative estimate of drug-likeness (QED) is 0.427. The minimum Gasteiger partial charge on any atom is -0.478 e. The van der Waals surface area contributed by atoms with Gasteiger partial charge in [0.25, 0.3) is 0 Å². The van der Waals surface area contributed by atoms with E-state index < -0.39 is 5.97 Å². The molecular formula is C32H40FNO2. The number of fused-ring (bicyclic) bond motifs is 1. The Morgan fingerprint density at radius 1 is 1.06 bits per heavy atom. The number of hydrogen-bond donors (Lipinski definition) is 1. The monoisotopic (exact) mass is 489 g/mol. The number of halogens is 1. The van der Waals surface area contributed by atoms with Crippen LogP contribution in [0.15, 0.2) is 48.0 Å². The van der Waals surface area contributed by atoms with Gasteiger partial charge in [0.05, 0.1) is 12.2 Å². The summed E-state index contributed by atoms with van der Waals surface area (Å²) >= 11 is 0. The van der Waals surface area contributed by atoms with Gasteiger partial charge in [0, 0.05) is 19.6 Å². The molecule has 4 heteroatoms. The summed E-state index contributed by atoms with van der Waals surface area (Å²) in [5.74, 6) is 1.21. The number of hydrogen-bond acceptors (Lipinski definition) is 2. The number of aromatic carboxylic acids is 1. The Hall–Kier alpha value is -2.46. The summed E-state index contributed by atoms with van der Waals surface area (Å²) in [4.78, 5) is 14.0. The molecule has 1 aliphatic heterocycles. The average Bonchev–Trinajstić information content (AvgIpc) is 3.05. The third kappa shape index (κ3) is 5.59. The topological polar surface area (TPSA) is 40.5 Å². The normalized spacial score (nSPS) is 23.2. The van der Waals surface area contributed by atoms with Crippen LogP contribution < -0.4 is 0 Å². The fraction of sp³-hybridized carbons (Fsp3) is 0.531. The van der Waals surface area contributed by atoms with Gasteiger partial charge < -0.3 is 10.0 Å². The third-order valence-electron chi connectivity index (χ3n) is 8.67. The van der Waals surface area contributed by atoms with Gasteiger partial charge in [-0.05, 0) is 103 Å². The zero-order valence-electron chi connectivity index (χ0n) is 21.6. The fourth-order valence-corrected chi connectivity index (χ4v) is 6.86. The number of allylic oxidation sites excluding steroid dienone is 1. The highest BCUT2D eigenvalue weighted by molar-refractivity contribution is 5.90. The molecule has 5 rings (SSSR count). The lowest BCUT2D eigenvalue weighted by Gasteiger charge is -2.39. The van der Waals surface area contributed by atoms with Crippen molar-refractivity contribution in [2.75, 3.05) is 26.3 Å². The summed E-state index contributed by atoms with van der Waals surface area (Å²) in [6.45, 7) is 5.21. The number of alkyl halides is 1. The van der Waals surface area contributed by atoms with Crippen LogP contribution in [0.3, 0.4) is 0 Å². The van der Waals surface area contributed by atoms with Gasteiger partial charge in [0.1, 0.15) is 0 Å². The maximum Gasteiger partial charge on any atom is 0.335 e. The molecule has 1 saturated carbocycles. The number of likely N-dealkylation sites (tertiary alicyclic amines) is 1. The van der Waals surface area contributed by atoms with Gasteiger partial charge in [0.15, 0.2) is 0 Å². The predicted octanol–water partition coefficient (Wildman–Crippen LogP) is 7.18. The van der Waals surface area contributed by atoms with Crippen LogP contribution in [0.25, 0.3) is 5.57 Å². The summed E-state index contributed by atoms with van der Waals surface area (Å²) < 4.78 is 12.4. The third-order valence-corrected chi connectivity index (χ3v) is 8.67. The van der Waals surface area contributed by atoms with Crippen molar-refractivity contribution in [2.45, 2.75) is 64.7 Å². The molecule has 1 heterocycles. The van der Waals surface area contributed by atoms with E-state index in [4.69, 9.17) is 0 Å². The molecule has 192 valence electrons. The van der Waals surface area contributed by atoms with Crippen LogP contribution in [0.5, 0.6) is 0 Å². The second-order valence-electron chi connectivity index (χ2n) is 11.5. The molecule has 2 atom stereocenters. The zero-order valence-corrected chi connectivity index (χ0v) is 21.6. The number of rotatable bonds is 8. The molecule has 0 bridgehead atoms. The van der Waals surface area contributed by atoms with E-state index >= 15 is 0 Å². The summed E-state index contributed by atoms with van der Waals surface area (Å²) in [5.41, 5.74) is 8.41. The molecule has 0 unspecified atom stereocenters. The predicted molar refractivity (Wildman–Crippen MR) is 144 cm³/mol. The SMILES string of the molecule is C[C@H]1CCC[C@H](C2=C(c3ccc(CC4CN(CCCF)C4)cc3)c3ccc(C(=O)O)cc3CCC2)C1. The van der Waals surface area contributed by atoms with Gasteiger partial charge in [-0.25, -0.2) is 4.79 Å². The first-order valence-electron chi connectivity index (χ1n) is 14.0. The molecule has 0 aromatic heterocycles. The van der Waals surface area contributed by atoms with Gasteiger partial charge in [-0.2, -0.15) is 0 Å². The Balaban J connectivity index is 1.44. The van der Waals surface area contributed by atoms with Crippen LogP contribution in [-0.2, 0) is 12.8 Å². The van der Waals surface area contributed by atoms with E-state index in [2.05, 4.69) is 42.2 Å². The van der Waals surface area contributed by atoms with Gasteiger partial charge in [-0.1, -0.05) is 55.7 Å². The van der Waals surface area contributed by atoms with E-state index in [-0.39, 0.29) is 6.67 Å². The van der Waals surface area contributed by atoms with Crippen molar-refractivity contribution in [2.24, 2.45) is 17.8 Å². The van der Waals surface area contributed by atoms with Gasteiger partial charge in [-0.3, -0.25) is 4.39 Å². The van der Waals surface area contributed by atoms with Crippen LogP contribution >= 0.6 is 0 Å². The Bertz CT molecular complexity index is 1100. The van der Waals surface area contributed by atoms with Crippen molar-refractivity contribution in [3.05, 3.63) is 75.9 Å². The molecule has 3 nitrogen and oxygen atoms in total. The van der Waals surface area contributed by atoms with Crippen molar-refractivity contribution in [1.29, 1.82) is 0 Å². The second-order valence-corrected chi connectivity index (χ2v) is 11.5. The minimum atomic E-state index is -0.850. The molecule has 1 N–H and O–H groups in total. The number of aryl methyl sites for hydroxylation is 1. The molecule has 1 saturated heterocycles. The van der Waals surface area contributed by atoms with E-state index in [1.54, 1.807) is 11.6 Å². The molecule has 0 spiro atoms. The number of carboxylic acids is 1. The van der Waals surface area contributed by atoms with E-state index in [1.165, 1.54) is 53.5 Å². The average molecular weight is 490 g/mol. The first-order chi connectivity index (χ1) is 17.5. The summed E-state index contributed by atoms with van der Waals surface area (Å²) in [5, 5.41) is 9.58. The lowest BCUT2D eigenvalue weighted by Crippen LogP contribution is -2.47. The highest BCUT2D eigenvalue weighted by atomic mass is 19.1. The molecule has 36 heavy (non-hydrogen) atoms. The number of carboxylic acid groups (broad SMARTS) is 1. The molecule has 0 amide bonds. The highest BCUT2D eigenvalue weighted by Gasteiger charge is 2.29. The minimum absolute atomic E-state index is 0.221. The molecule has 2 aliphatic carbocycles. The highest BCUT2D eigenvalue weighted by Crippen LogP contribution is 2.44. The summed E-state index contributed by atoms with van der Waals surface area (Å²) in [6, 6.07) is 15.0. The maximum absolute atomic E-state index is 12.4. The first-order valence-corrected chi connectivity index (χ1v) is 14.0. The molecular weight excluding hydrogens is 449 g/mol. The molecule has 2 aromatic rings. The van der Waals surface area contributed by atoms with Crippen molar-refractivity contribution >= 4 is 11.5 Å².